The molecule has 0 unspecified atom stereocenters. The van der Waals surface area contributed by atoms with Gasteiger partial charge in [0.05, 0.1) is 17.4 Å². The number of pyridine rings is 1. The van der Waals surface area contributed by atoms with Gasteiger partial charge < -0.3 is 9.80 Å². The maximum absolute atomic E-state index is 12.6. The van der Waals surface area contributed by atoms with Crippen LogP contribution in [0.15, 0.2) is 48.8 Å². The third kappa shape index (κ3) is 4.41. The van der Waals surface area contributed by atoms with Gasteiger partial charge in [0.15, 0.2) is 0 Å². The minimum Gasteiger partial charge on any atom is -0.368 e. The Kier molecular flexibility index (Phi) is 6.23. The summed E-state index contributed by atoms with van der Waals surface area (Å²) in [6, 6.07) is 12.6. The van der Waals surface area contributed by atoms with Crippen LogP contribution in [0.5, 0.6) is 0 Å². The maximum atomic E-state index is 12.6. The Bertz CT molecular complexity index is 707. The molecular weight excluding hydrogens is 324 g/mol. The van der Waals surface area contributed by atoms with Crippen LogP contribution < -0.4 is 4.90 Å². The van der Waals surface area contributed by atoms with Crippen LogP contribution in [0.3, 0.4) is 0 Å². The molecule has 1 aromatic heterocycles. The van der Waals surface area contributed by atoms with E-state index in [0.717, 1.165) is 51.5 Å². The van der Waals surface area contributed by atoms with Gasteiger partial charge in [-0.3, -0.25) is 14.7 Å². The summed E-state index contributed by atoms with van der Waals surface area (Å²) in [7, 11) is 0. The van der Waals surface area contributed by atoms with Gasteiger partial charge in [0, 0.05) is 52.0 Å². The highest BCUT2D eigenvalue weighted by Crippen LogP contribution is 2.18. The summed E-state index contributed by atoms with van der Waals surface area (Å²) in [5.74, 6) is 0.0621. The van der Waals surface area contributed by atoms with E-state index < -0.39 is 0 Å². The second-order valence-electron chi connectivity index (χ2n) is 6.66. The summed E-state index contributed by atoms with van der Waals surface area (Å²) in [5, 5.41) is 0. The molecule has 1 aromatic carbocycles. The molecule has 1 saturated heterocycles. The Morgan fingerprint density at radius 1 is 1.04 bits per heavy atom. The first kappa shape index (κ1) is 18.4. The summed E-state index contributed by atoms with van der Waals surface area (Å²) >= 11 is 0. The SMILES string of the molecule is CCN(CC)C(=O)c1cncc(N2CCN(Cc3ccccc3)CC2)c1. The molecule has 0 radical (unpaired) electrons. The fourth-order valence-electron chi connectivity index (χ4n) is 3.42. The standard InChI is InChI=1S/C21H28N4O/c1-3-24(4-2)21(26)19-14-20(16-22-15-19)25-12-10-23(11-13-25)17-18-8-6-5-7-9-18/h5-9,14-16H,3-4,10-13,17H2,1-2H3. The van der Waals surface area contributed by atoms with Gasteiger partial charge in [-0.25, -0.2) is 0 Å². The van der Waals surface area contributed by atoms with E-state index >= 15 is 0 Å². The molecule has 2 heterocycles. The predicted octanol–water partition coefficient (Wildman–Crippen LogP) is 2.89. The zero-order valence-electron chi connectivity index (χ0n) is 15.8. The molecule has 3 rings (SSSR count). The van der Waals surface area contributed by atoms with Gasteiger partial charge in [-0.15, -0.1) is 0 Å². The largest absolute Gasteiger partial charge is 0.368 e. The van der Waals surface area contributed by atoms with Gasteiger partial charge in [-0.05, 0) is 25.5 Å². The van der Waals surface area contributed by atoms with Gasteiger partial charge >= 0.3 is 0 Å². The second-order valence-corrected chi connectivity index (χ2v) is 6.66. The summed E-state index contributed by atoms with van der Waals surface area (Å²) < 4.78 is 0. The molecule has 5 heteroatoms. The second kappa shape index (κ2) is 8.81. The molecule has 2 aromatic rings. The van der Waals surface area contributed by atoms with Crippen molar-refractivity contribution in [2.24, 2.45) is 0 Å². The smallest absolute Gasteiger partial charge is 0.255 e. The molecule has 5 nitrogen and oxygen atoms in total. The number of amides is 1. The fraction of sp³-hybridized carbons (Fsp3) is 0.429. The lowest BCUT2D eigenvalue weighted by atomic mass is 10.2. The van der Waals surface area contributed by atoms with Crippen LogP contribution in [-0.4, -0.2) is 60.0 Å². The van der Waals surface area contributed by atoms with Crippen molar-refractivity contribution in [3.63, 3.8) is 0 Å². The summed E-state index contributed by atoms with van der Waals surface area (Å²) in [6.45, 7) is 10.4. The first-order valence-corrected chi connectivity index (χ1v) is 9.46. The molecule has 0 spiro atoms. The molecule has 1 amide bonds. The number of nitrogens with zero attached hydrogens (tertiary/aromatic N) is 4. The first-order chi connectivity index (χ1) is 12.7. The number of hydrogen-bond acceptors (Lipinski definition) is 4. The van der Waals surface area contributed by atoms with Crippen LogP contribution in [0.1, 0.15) is 29.8 Å². The van der Waals surface area contributed by atoms with Gasteiger partial charge in [-0.2, -0.15) is 0 Å². The third-order valence-corrected chi connectivity index (χ3v) is 5.01. The monoisotopic (exact) mass is 352 g/mol. The quantitative estimate of drug-likeness (QED) is 0.801. The van der Waals surface area contributed by atoms with Crippen LogP contribution in [0.2, 0.25) is 0 Å². The van der Waals surface area contributed by atoms with Crippen molar-refractivity contribution in [3.05, 3.63) is 59.9 Å². The molecule has 0 aliphatic carbocycles. The highest BCUT2D eigenvalue weighted by atomic mass is 16.2. The number of aromatic nitrogens is 1. The number of carbonyl (C=O) groups is 1. The fourth-order valence-corrected chi connectivity index (χ4v) is 3.42. The van der Waals surface area contributed by atoms with Crippen molar-refractivity contribution < 1.29 is 4.79 Å². The number of rotatable bonds is 6. The molecule has 1 aliphatic heterocycles. The predicted molar refractivity (Wildman–Crippen MR) is 105 cm³/mol. The molecule has 138 valence electrons. The first-order valence-electron chi connectivity index (χ1n) is 9.46. The zero-order chi connectivity index (χ0) is 18.4. The summed E-state index contributed by atoms with van der Waals surface area (Å²) in [6.07, 6.45) is 3.54. The van der Waals surface area contributed by atoms with E-state index in [1.165, 1.54) is 5.56 Å². The van der Waals surface area contributed by atoms with E-state index in [0.29, 0.717) is 5.56 Å². The highest BCUT2D eigenvalue weighted by molar-refractivity contribution is 5.94. The van der Waals surface area contributed by atoms with Crippen LogP contribution in [0, 0.1) is 0 Å². The van der Waals surface area contributed by atoms with Crippen LogP contribution in [-0.2, 0) is 6.54 Å². The minimum atomic E-state index is 0.0621. The average Bonchev–Trinajstić information content (AvgIpc) is 2.70. The molecule has 26 heavy (non-hydrogen) atoms. The maximum Gasteiger partial charge on any atom is 0.255 e. The molecular formula is C21H28N4O. The van der Waals surface area contributed by atoms with Crippen molar-refractivity contribution >= 4 is 11.6 Å². The molecule has 0 saturated carbocycles. The lowest BCUT2D eigenvalue weighted by molar-refractivity contribution is 0.0772. The average molecular weight is 352 g/mol. The highest BCUT2D eigenvalue weighted by Gasteiger charge is 2.19. The number of carbonyl (C=O) groups excluding carboxylic acids is 1. The van der Waals surface area contributed by atoms with E-state index in [2.05, 4.69) is 45.1 Å². The van der Waals surface area contributed by atoms with Gasteiger partial charge in [0.2, 0.25) is 0 Å². The molecule has 1 fully saturated rings. The number of benzene rings is 1. The summed E-state index contributed by atoms with van der Waals surface area (Å²) in [4.78, 5) is 23.5. The lowest BCUT2D eigenvalue weighted by Gasteiger charge is -2.36. The third-order valence-electron chi connectivity index (χ3n) is 5.01. The number of piperazine rings is 1. The minimum absolute atomic E-state index is 0.0621. The summed E-state index contributed by atoms with van der Waals surface area (Å²) in [5.41, 5.74) is 3.08. The molecule has 1 aliphatic rings. The normalized spacial score (nSPS) is 15.1. The van der Waals surface area contributed by atoms with Crippen molar-refractivity contribution in [1.29, 1.82) is 0 Å². The van der Waals surface area contributed by atoms with Crippen LogP contribution in [0.4, 0.5) is 5.69 Å². The Balaban J connectivity index is 1.61. The van der Waals surface area contributed by atoms with E-state index in [4.69, 9.17) is 0 Å². The molecule has 0 atom stereocenters. The van der Waals surface area contributed by atoms with E-state index in [1.54, 1.807) is 6.20 Å². The van der Waals surface area contributed by atoms with Gasteiger partial charge in [0.1, 0.15) is 0 Å². The number of anilines is 1. The van der Waals surface area contributed by atoms with Gasteiger partial charge in [-0.1, -0.05) is 30.3 Å². The Hall–Kier alpha value is -2.40. The topological polar surface area (TPSA) is 39.7 Å². The van der Waals surface area contributed by atoms with Crippen molar-refractivity contribution in [2.75, 3.05) is 44.2 Å². The molecule has 0 bridgehead atoms. The lowest BCUT2D eigenvalue weighted by Crippen LogP contribution is -2.46. The molecule has 0 N–H and O–H groups in total. The van der Waals surface area contributed by atoms with E-state index in [-0.39, 0.29) is 5.91 Å². The van der Waals surface area contributed by atoms with Crippen LogP contribution >= 0.6 is 0 Å². The zero-order valence-corrected chi connectivity index (χ0v) is 15.8. The van der Waals surface area contributed by atoms with Gasteiger partial charge in [0.25, 0.3) is 5.91 Å². The van der Waals surface area contributed by atoms with Crippen molar-refractivity contribution in [1.82, 2.24) is 14.8 Å². The number of hydrogen-bond donors (Lipinski definition) is 0. The Morgan fingerprint density at radius 3 is 2.38 bits per heavy atom. The van der Waals surface area contributed by atoms with Crippen molar-refractivity contribution in [2.45, 2.75) is 20.4 Å². The van der Waals surface area contributed by atoms with E-state index in [9.17, 15) is 4.79 Å². The Morgan fingerprint density at radius 2 is 1.73 bits per heavy atom. The Labute approximate surface area is 156 Å². The van der Waals surface area contributed by atoms with Crippen LogP contribution in [0.25, 0.3) is 0 Å². The van der Waals surface area contributed by atoms with Crippen molar-refractivity contribution in [3.8, 4) is 0 Å². The van der Waals surface area contributed by atoms with E-state index in [1.807, 2.05) is 31.0 Å².